The van der Waals surface area contributed by atoms with Gasteiger partial charge < -0.3 is 9.13 Å². The summed E-state index contributed by atoms with van der Waals surface area (Å²) in [5.74, 6) is 0. The van der Waals surface area contributed by atoms with Gasteiger partial charge >= 0.3 is 0 Å². The van der Waals surface area contributed by atoms with Crippen LogP contribution in [0.25, 0.3) is 131 Å². The van der Waals surface area contributed by atoms with Crippen molar-refractivity contribution in [3.05, 3.63) is 243 Å². The quantitative estimate of drug-likeness (QED) is 0.153. The van der Waals surface area contributed by atoms with Gasteiger partial charge in [0.25, 0.3) is 0 Å². The molecule has 0 aliphatic rings. The third kappa shape index (κ3) is 5.30. The van der Waals surface area contributed by atoms with E-state index in [9.17, 15) is 0 Å². The van der Waals surface area contributed by atoms with Gasteiger partial charge in [-0.15, -0.1) is 0 Å². The van der Waals surface area contributed by atoms with Crippen molar-refractivity contribution in [1.29, 1.82) is 0 Å². The average Bonchev–Trinajstić information content (AvgIpc) is 3.89. The molecule has 0 radical (unpaired) electrons. The average molecular weight is 837 g/mol. The first kappa shape index (κ1) is 36.7. The van der Waals surface area contributed by atoms with E-state index in [4.69, 9.17) is 0 Å². The Labute approximate surface area is 381 Å². The van der Waals surface area contributed by atoms with Gasteiger partial charge in [-0.25, -0.2) is 0 Å². The molecule has 0 N–H and O–H groups in total. The Morgan fingerprint density at radius 1 is 0.227 bits per heavy atom. The van der Waals surface area contributed by atoms with Crippen molar-refractivity contribution in [1.82, 2.24) is 9.13 Å². The standard InChI is InChI=1S/C64H40N2/c1-4-20-41(21-5-1)60-48-32-18-34-50(61-46-28-12-10-22-42(46)38-58-63(61)52-30-14-16-36-56(52)65(58)44-24-6-2-7-25-44)54(48)40-55-49(60)33-19-35-51(55)62-47-29-13-11-23-43(47)39-59-64(62)53-31-15-17-37-57(53)66(59)45-26-8-3-9-27-45/h1-40H. The molecule has 2 heterocycles. The number of fused-ring (bicyclic) bond motifs is 10. The van der Waals surface area contributed by atoms with Gasteiger partial charge in [-0.05, 0) is 120 Å². The molecule has 0 atom stereocenters. The van der Waals surface area contributed by atoms with Gasteiger partial charge in [0.1, 0.15) is 0 Å². The van der Waals surface area contributed by atoms with E-state index in [-0.39, 0.29) is 0 Å². The summed E-state index contributed by atoms with van der Waals surface area (Å²) >= 11 is 0. The van der Waals surface area contributed by atoms with Gasteiger partial charge in [-0.1, -0.05) is 188 Å². The summed E-state index contributed by atoms with van der Waals surface area (Å²) < 4.78 is 4.90. The van der Waals surface area contributed by atoms with Crippen LogP contribution in [-0.2, 0) is 0 Å². The zero-order chi connectivity index (χ0) is 43.3. The van der Waals surface area contributed by atoms with Gasteiger partial charge in [-0.2, -0.15) is 0 Å². The van der Waals surface area contributed by atoms with Crippen LogP contribution in [0.15, 0.2) is 243 Å². The number of para-hydroxylation sites is 4. The topological polar surface area (TPSA) is 9.86 Å². The minimum Gasteiger partial charge on any atom is -0.309 e. The van der Waals surface area contributed by atoms with Crippen molar-refractivity contribution in [3.63, 3.8) is 0 Å². The van der Waals surface area contributed by atoms with Crippen LogP contribution in [0.1, 0.15) is 0 Å². The normalized spacial score (nSPS) is 11.9. The van der Waals surface area contributed by atoms with E-state index in [0.29, 0.717) is 0 Å². The van der Waals surface area contributed by atoms with Crippen LogP contribution in [0, 0.1) is 0 Å². The zero-order valence-corrected chi connectivity index (χ0v) is 36.0. The van der Waals surface area contributed by atoms with E-state index in [0.717, 1.165) is 11.4 Å². The van der Waals surface area contributed by atoms with Crippen LogP contribution in [0.2, 0.25) is 0 Å². The minimum atomic E-state index is 1.15. The lowest BCUT2D eigenvalue weighted by atomic mass is 9.83. The number of benzene rings is 12. The summed E-state index contributed by atoms with van der Waals surface area (Å²) in [5.41, 5.74) is 14.5. The summed E-state index contributed by atoms with van der Waals surface area (Å²) in [6.07, 6.45) is 0. The number of hydrogen-bond acceptors (Lipinski definition) is 0. The smallest absolute Gasteiger partial charge is 0.0553 e. The fraction of sp³-hybridized carbons (Fsp3) is 0. The Hall–Kier alpha value is -8.72. The van der Waals surface area contributed by atoms with Crippen LogP contribution >= 0.6 is 0 Å². The lowest BCUT2D eigenvalue weighted by Gasteiger charge is -2.20. The highest BCUT2D eigenvalue weighted by Crippen LogP contribution is 2.50. The molecule has 0 aliphatic carbocycles. The van der Waals surface area contributed by atoms with Crippen molar-refractivity contribution >= 4 is 86.7 Å². The summed E-state index contributed by atoms with van der Waals surface area (Å²) in [5, 5.41) is 14.9. The molecule has 12 aromatic carbocycles. The Kier molecular flexibility index (Phi) is 8.02. The second-order valence-corrected chi connectivity index (χ2v) is 17.5. The second kappa shape index (κ2) is 14.4. The van der Waals surface area contributed by atoms with Crippen LogP contribution in [0.4, 0.5) is 0 Å². The monoisotopic (exact) mass is 836 g/mol. The summed E-state index contributed by atoms with van der Waals surface area (Å²) in [4.78, 5) is 0. The van der Waals surface area contributed by atoms with Crippen LogP contribution in [0.5, 0.6) is 0 Å². The third-order valence-electron chi connectivity index (χ3n) is 14.0. The highest BCUT2D eigenvalue weighted by atomic mass is 15.0. The number of hydrogen-bond donors (Lipinski definition) is 0. The van der Waals surface area contributed by atoms with E-state index in [1.54, 1.807) is 0 Å². The molecule has 0 saturated carbocycles. The Bertz CT molecular complexity index is 4000. The first-order chi connectivity index (χ1) is 32.8. The predicted molar refractivity (Wildman–Crippen MR) is 281 cm³/mol. The summed E-state index contributed by atoms with van der Waals surface area (Å²) in [6, 6.07) is 89.7. The lowest BCUT2D eigenvalue weighted by Crippen LogP contribution is -1.95. The first-order valence-corrected chi connectivity index (χ1v) is 22.9. The molecule has 0 amide bonds. The molecule has 2 heteroatoms. The van der Waals surface area contributed by atoms with Gasteiger partial charge in [-0.3, -0.25) is 0 Å². The SMILES string of the molecule is c1ccc(-c2c3cccc(-c4c5ccccc5cc5c4c4ccccc4n5-c4ccccc4)c3cc3c(-c4c5ccccc5cc5c4c4ccccc4n5-c4ccccc4)cccc23)cc1. The minimum absolute atomic E-state index is 1.15. The molecule has 66 heavy (non-hydrogen) atoms. The largest absolute Gasteiger partial charge is 0.309 e. The highest BCUT2D eigenvalue weighted by molar-refractivity contribution is 6.30. The van der Waals surface area contributed by atoms with Gasteiger partial charge in [0.2, 0.25) is 0 Å². The third-order valence-corrected chi connectivity index (χ3v) is 14.0. The Morgan fingerprint density at radius 3 is 1.08 bits per heavy atom. The molecule has 2 nitrogen and oxygen atoms in total. The second-order valence-electron chi connectivity index (χ2n) is 17.5. The number of rotatable bonds is 5. The Balaban J connectivity index is 1.17. The van der Waals surface area contributed by atoms with E-state index < -0.39 is 0 Å². The molecule has 0 spiro atoms. The maximum atomic E-state index is 2.52. The zero-order valence-electron chi connectivity index (χ0n) is 36.0. The molecule has 0 bridgehead atoms. The van der Waals surface area contributed by atoms with Crippen LogP contribution in [0.3, 0.4) is 0 Å². The maximum absolute atomic E-state index is 2.52. The molecule has 0 unspecified atom stereocenters. The highest BCUT2D eigenvalue weighted by Gasteiger charge is 2.24. The predicted octanol–water partition coefficient (Wildman–Crippen LogP) is 17.5. The molecule has 0 aliphatic heterocycles. The van der Waals surface area contributed by atoms with E-state index in [1.165, 1.54) is 120 Å². The summed E-state index contributed by atoms with van der Waals surface area (Å²) in [6.45, 7) is 0. The van der Waals surface area contributed by atoms with Crippen molar-refractivity contribution in [3.8, 4) is 44.8 Å². The number of nitrogens with zero attached hydrogens (tertiary/aromatic N) is 2. The van der Waals surface area contributed by atoms with Crippen molar-refractivity contribution in [2.75, 3.05) is 0 Å². The molecule has 14 aromatic rings. The molecule has 0 saturated heterocycles. The van der Waals surface area contributed by atoms with E-state index in [1.807, 2.05) is 0 Å². The van der Waals surface area contributed by atoms with Gasteiger partial charge in [0.05, 0.1) is 22.1 Å². The van der Waals surface area contributed by atoms with Crippen molar-refractivity contribution in [2.45, 2.75) is 0 Å². The van der Waals surface area contributed by atoms with Crippen molar-refractivity contribution < 1.29 is 0 Å². The lowest BCUT2D eigenvalue weighted by molar-refractivity contribution is 1.18. The molecular weight excluding hydrogens is 797 g/mol. The summed E-state index contributed by atoms with van der Waals surface area (Å²) in [7, 11) is 0. The fourth-order valence-electron chi connectivity index (χ4n) is 11.4. The van der Waals surface area contributed by atoms with Crippen molar-refractivity contribution in [2.24, 2.45) is 0 Å². The molecule has 2 aromatic heterocycles. The molecule has 0 fully saturated rings. The maximum Gasteiger partial charge on any atom is 0.0553 e. The van der Waals surface area contributed by atoms with E-state index >= 15 is 0 Å². The first-order valence-electron chi connectivity index (χ1n) is 22.9. The fourth-order valence-corrected chi connectivity index (χ4v) is 11.4. The van der Waals surface area contributed by atoms with Crippen LogP contribution < -0.4 is 0 Å². The molecular formula is C64H40N2. The molecule has 14 rings (SSSR count). The van der Waals surface area contributed by atoms with Crippen LogP contribution in [-0.4, -0.2) is 9.13 Å². The van der Waals surface area contributed by atoms with Gasteiger partial charge in [0.15, 0.2) is 0 Å². The van der Waals surface area contributed by atoms with Gasteiger partial charge in [0, 0.05) is 44.0 Å². The van der Waals surface area contributed by atoms with E-state index in [2.05, 4.69) is 252 Å². The molecule has 306 valence electrons. The number of aromatic nitrogens is 2. The Morgan fingerprint density at radius 2 is 0.606 bits per heavy atom.